The second-order valence-electron chi connectivity index (χ2n) is 5.40. The molecule has 0 heterocycles. The lowest BCUT2D eigenvalue weighted by atomic mass is 9.99. The molecule has 0 aliphatic heterocycles. The van der Waals surface area contributed by atoms with Gasteiger partial charge in [-0.3, -0.25) is 0 Å². The number of alkyl halides is 3. The van der Waals surface area contributed by atoms with Gasteiger partial charge in [-0.2, -0.15) is 13.2 Å². The number of halogens is 3. The molecule has 3 aromatic carbocycles. The van der Waals surface area contributed by atoms with Crippen LogP contribution in [0.15, 0.2) is 78.4 Å². The molecule has 3 aromatic rings. The van der Waals surface area contributed by atoms with Crippen molar-refractivity contribution in [3.05, 3.63) is 89.5 Å². The van der Waals surface area contributed by atoms with Crippen molar-refractivity contribution in [3.8, 4) is 0 Å². The minimum Gasteiger partial charge on any atom is -0.166 e. The topological polar surface area (TPSA) is 0 Å². The summed E-state index contributed by atoms with van der Waals surface area (Å²) in [4.78, 5) is 0. The van der Waals surface area contributed by atoms with Gasteiger partial charge in [-0.05, 0) is 28.0 Å². The zero-order valence-electron chi connectivity index (χ0n) is 12.3. The summed E-state index contributed by atoms with van der Waals surface area (Å²) in [6.07, 6.45) is -3.23. The Kier molecular flexibility index (Phi) is 4.20. The van der Waals surface area contributed by atoms with Crippen LogP contribution in [0.3, 0.4) is 0 Å². The summed E-state index contributed by atoms with van der Waals surface area (Å²) in [7, 11) is 0. The number of allylic oxidation sites excluding steroid dienone is 1. The second kappa shape index (κ2) is 6.29. The Morgan fingerprint density at radius 3 is 2.17 bits per heavy atom. The van der Waals surface area contributed by atoms with Crippen molar-refractivity contribution >= 4 is 16.8 Å². The summed E-state index contributed by atoms with van der Waals surface area (Å²) in [5.74, 6) is 0. The first-order valence-corrected chi connectivity index (χ1v) is 7.33. The van der Waals surface area contributed by atoms with Crippen molar-refractivity contribution in [1.82, 2.24) is 0 Å². The van der Waals surface area contributed by atoms with Gasteiger partial charge in [-0.1, -0.05) is 72.8 Å². The van der Waals surface area contributed by atoms with Crippen molar-refractivity contribution in [2.75, 3.05) is 0 Å². The van der Waals surface area contributed by atoms with Gasteiger partial charge in [0.15, 0.2) is 0 Å². The SMILES string of the molecule is FC(F)(F)/C(=C/c1cccc2ccccc12)Cc1ccccc1. The van der Waals surface area contributed by atoms with E-state index in [9.17, 15) is 13.2 Å². The highest BCUT2D eigenvalue weighted by molar-refractivity contribution is 5.91. The summed E-state index contributed by atoms with van der Waals surface area (Å²) in [6.45, 7) is 0. The van der Waals surface area contributed by atoms with Crippen LogP contribution in [0.25, 0.3) is 16.8 Å². The molecular formula is C20H15F3. The maximum atomic E-state index is 13.4. The van der Waals surface area contributed by atoms with Crippen LogP contribution in [-0.4, -0.2) is 6.18 Å². The molecule has 0 saturated heterocycles. The molecule has 0 amide bonds. The lowest BCUT2D eigenvalue weighted by molar-refractivity contribution is -0.0921. The maximum Gasteiger partial charge on any atom is 0.413 e. The first-order chi connectivity index (χ1) is 11.0. The highest BCUT2D eigenvalue weighted by atomic mass is 19.4. The van der Waals surface area contributed by atoms with Gasteiger partial charge < -0.3 is 0 Å². The molecule has 0 bridgehead atoms. The molecule has 0 radical (unpaired) electrons. The molecule has 0 saturated carbocycles. The fraction of sp³-hybridized carbons (Fsp3) is 0.100. The predicted octanol–water partition coefficient (Wildman–Crippen LogP) is 6.03. The van der Waals surface area contributed by atoms with Crippen LogP contribution < -0.4 is 0 Å². The normalized spacial score (nSPS) is 12.6. The van der Waals surface area contributed by atoms with Gasteiger partial charge >= 0.3 is 6.18 Å². The Balaban J connectivity index is 2.07. The molecule has 0 nitrogen and oxygen atoms in total. The van der Waals surface area contributed by atoms with Gasteiger partial charge in [0.25, 0.3) is 0 Å². The number of hydrogen-bond acceptors (Lipinski definition) is 0. The molecule has 0 spiro atoms. The van der Waals surface area contributed by atoms with Crippen molar-refractivity contribution in [1.29, 1.82) is 0 Å². The second-order valence-corrected chi connectivity index (χ2v) is 5.40. The Morgan fingerprint density at radius 1 is 0.783 bits per heavy atom. The summed E-state index contributed by atoms with van der Waals surface area (Å²) >= 11 is 0. The van der Waals surface area contributed by atoms with Crippen molar-refractivity contribution in [3.63, 3.8) is 0 Å². The van der Waals surface area contributed by atoms with E-state index in [4.69, 9.17) is 0 Å². The third-order valence-corrected chi connectivity index (χ3v) is 3.75. The molecule has 0 unspecified atom stereocenters. The molecular weight excluding hydrogens is 297 g/mol. The summed E-state index contributed by atoms with van der Waals surface area (Å²) in [5.41, 5.74) is 0.697. The molecule has 23 heavy (non-hydrogen) atoms. The average Bonchev–Trinajstić information content (AvgIpc) is 2.55. The monoisotopic (exact) mass is 312 g/mol. The Bertz CT molecular complexity index is 825. The molecule has 0 aliphatic rings. The minimum absolute atomic E-state index is 0.131. The van der Waals surface area contributed by atoms with Crippen molar-refractivity contribution in [2.24, 2.45) is 0 Å². The van der Waals surface area contributed by atoms with Gasteiger partial charge in [0.1, 0.15) is 0 Å². The summed E-state index contributed by atoms with van der Waals surface area (Å²) in [5, 5.41) is 1.76. The van der Waals surface area contributed by atoms with Gasteiger partial charge in [0, 0.05) is 12.0 Å². The van der Waals surface area contributed by atoms with Crippen LogP contribution in [0.2, 0.25) is 0 Å². The van der Waals surface area contributed by atoms with Crippen LogP contribution in [0.5, 0.6) is 0 Å². The Labute approximate surface area is 132 Å². The average molecular weight is 312 g/mol. The van der Waals surface area contributed by atoms with Crippen molar-refractivity contribution in [2.45, 2.75) is 12.6 Å². The number of benzene rings is 3. The van der Waals surface area contributed by atoms with Gasteiger partial charge in [-0.25, -0.2) is 0 Å². The van der Waals surface area contributed by atoms with E-state index < -0.39 is 11.7 Å². The number of hydrogen-bond donors (Lipinski definition) is 0. The largest absolute Gasteiger partial charge is 0.413 e. The van der Waals surface area contributed by atoms with E-state index >= 15 is 0 Å². The highest BCUT2D eigenvalue weighted by Crippen LogP contribution is 2.32. The maximum absolute atomic E-state index is 13.4. The third kappa shape index (κ3) is 3.62. The van der Waals surface area contributed by atoms with Gasteiger partial charge in [0.05, 0.1) is 0 Å². The van der Waals surface area contributed by atoms with Crippen LogP contribution in [-0.2, 0) is 6.42 Å². The van der Waals surface area contributed by atoms with Gasteiger partial charge in [0.2, 0.25) is 0 Å². The Hall–Kier alpha value is -2.55. The molecule has 3 rings (SSSR count). The van der Waals surface area contributed by atoms with Crippen molar-refractivity contribution < 1.29 is 13.2 Å². The summed E-state index contributed by atoms with van der Waals surface area (Å²) in [6, 6.07) is 21.6. The fourth-order valence-electron chi connectivity index (χ4n) is 2.61. The number of rotatable bonds is 3. The molecule has 0 aliphatic carbocycles. The minimum atomic E-state index is -4.35. The summed E-state index contributed by atoms with van der Waals surface area (Å²) < 4.78 is 40.3. The lowest BCUT2D eigenvalue weighted by Gasteiger charge is -2.13. The lowest BCUT2D eigenvalue weighted by Crippen LogP contribution is -2.14. The van der Waals surface area contributed by atoms with E-state index in [1.165, 1.54) is 6.08 Å². The van der Waals surface area contributed by atoms with E-state index in [1.54, 1.807) is 42.5 Å². The first-order valence-electron chi connectivity index (χ1n) is 7.33. The van der Waals surface area contributed by atoms with E-state index in [-0.39, 0.29) is 6.42 Å². The van der Waals surface area contributed by atoms with E-state index in [2.05, 4.69) is 0 Å². The smallest absolute Gasteiger partial charge is 0.166 e. The number of fused-ring (bicyclic) bond motifs is 1. The highest BCUT2D eigenvalue weighted by Gasteiger charge is 2.33. The molecule has 3 heteroatoms. The zero-order chi connectivity index (χ0) is 16.3. The van der Waals surface area contributed by atoms with Crippen LogP contribution in [0.4, 0.5) is 13.2 Å². The molecule has 116 valence electrons. The van der Waals surface area contributed by atoms with E-state index in [0.29, 0.717) is 11.1 Å². The zero-order valence-corrected chi connectivity index (χ0v) is 12.3. The van der Waals surface area contributed by atoms with E-state index in [1.807, 2.05) is 30.3 Å². The molecule has 0 fully saturated rings. The predicted molar refractivity (Wildman–Crippen MR) is 88.1 cm³/mol. The van der Waals surface area contributed by atoms with E-state index in [0.717, 1.165) is 10.8 Å². The molecule has 0 atom stereocenters. The standard InChI is InChI=1S/C20H15F3/c21-20(22,23)18(13-15-7-2-1-3-8-15)14-17-11-6-10-16-9-4-5-12-19(16)17/h1-12,14H,13H2/b18-14+. The van der Waals surface area contributed by atoms with Crippen LogP contribution in [0, 0.1) is 0 Å². The fourth-order valence-corrected chi connectivity index (χ4v) is 2.61. The Morgan fingerprint density at radius 2 is 1.43 bits per heavy atom. The molecule has 0 aromatic heterocycles. The third-order valence-electron chi connectivity index (χ3n) is 3.75. The van der Waals surface area contributed by atoms with Crippen LogP contribution >= 0.6 is 0 Å². The molecule has 0 N–H and O–H groups in total. The van der Waals surface area contributed by atoms with Crippen LogP contribution in [0.1, 0.15) is 11.1 Å². The van der Waals surface area contributed by atoms with Gasteiger partial charge in [-0.15, -0.1) is 0 Å². The first kappa shape index (κ1) is 15.3. The quantitative estimate of drug-likeness (QED) is 0.554.